The van der Waals surface area contributed by atoms with Crippen LogP contribution in [0.1, 0.15) is 12.6 Å². The summed E-state index contributed by atoms with van der Waals surface area (Å²) in [5, 5.41) is 4.99. The molecule has 2 rings (SSSR count). The molecule has 0 aliphatic rings. The normalized spacial score (nSPS) is 10.7. The van der Waals surface area contributed by atoms with Crippen LogP contribution < -0.4 is 5.73 Å². The predicted molar refractivity (Wildman–Crippen MR) is 67.5 cm³/mol. The Morgan fingerprint density at radius 1 is 1.44 bits per heavy atom. The molecule has 0 atom stereocenters. The van der Waals surface area contributed by atoms with Gasteiger partial charge in [-0.1, -0.05) is 17.7 Å². The van der Waals surface area contributed by atoms with Crippen LogP contribution in [-0.2, 0) is 6.54 Å². The standard InChI is InChI=1S/C12H14ClN3/c1-3-16-7-10(8(2)15-16)9-4-5-11(13)12(14)6-9/h4-7H,3,14H2,1-2H3. The first-order valence-corrected chi connectivity index (χ1v) is 5.59. The highest BCUT2D eigenvalue weighted by atomic mass is 35.5. The molecular formula is C12H14ClN3. The summed E-state index contributed by atoms with van der Waals surface area (Å²) in [6.45, 7) is 4.92. The van der Waals surface area contributed by atoms with Gasteiger partial charge >= 0.3 is 0 Å². The molecule has 0 aliphatic heterocycles. The highest BCUT2D eigenvalue weighted by molar-refractivity contribution is 6.33. The lowest BCUT2D eigenvalue weighted by Crippen LogP contribution is -1.93. The van der Waals surface area contributed by atoms with Crippen molar-refractivity contribution < 1.29 is 0 Å². The van der Waals surface area contributed by atoms with Crippen LogP contribution in [0, 0.1) is 6.92 Å². The van der Waals surface area contributed by atoms with Crippen molar-refractivity contribution >= 4 is 17.3 Å². The number of anilines is 1. The zero-order chi connectivity index (χ0) is 11.7. The molecule has 1 aromatic carbocycles. The fourth-order valence-corrected chi connectivity index (χ4v) is 1.79. The van der Waals surface area contributed by atoms with Crippen LogP contribution in [0.4, 0.5) is 5.69 Å². The van der Waals surface area contributed by atoms with Crippen LogP contribution in [-0.4, -0.2) is 9.78 Å². The van der Waals surface area contributed by atoms with E-state index >= 15 is 0 Å². The van der Waals surface area contributed by atoms with E-state index in [0.717, 1.165) is 23.4 Å². The first-order chi connectivity index (χ1) is 7.61. The van der Waals surface area contributed by atoms with Crippen LogP contribution in [0.3, 0.4) is 0 Å². The minimum atomic E-state index is 0.587. The van der Waals surface area contributed by atoms with Crippen molar-refractivity contribution in [3.05, 3.63) is 35.1 Å². The smallest absolute Gasteiger partial charge is 0.0672 e. The van der Waals surface area contributed by atoms with Crippen molar-refractivity contribution in [1.29, 1.82) is 0 Å². The Kier molecular flexibility index (Phi) is 2.88. The Balaban J connectivity index is 2.49. The average Bonchev–Trinajstić information content (AvgIpc) is 2.64. The Bertz CT molecular complexity index is 517. The first kappa shape index (κ1) is 11.0. The van der Waals surface area contributed by atoms with E-state index in [2.05, 4.69) is 12.0 Å². The quantitative estimate of drug-likeness (QED) is 0.813. The molecular weight excluding hydrogens is 222 g/mol. The maximum atomic E-state index is 5.89. The number of nitrogen functional groups attached to an aromatic ring is 1. The van der Waals surface area contributed by atoms with Crippen LogP contribution in [0.15, 0.2) is 24.4 Å². The lowest BCUT2D eigenvalue weighted by atomic mass is 10.1. The maximum Gasteiger partial charge on any atom is 0.0672 e. The first-order valence-electron chi connectivity index (χ1n) is 5.21. The SMILES string of the molecule is CCn1cc(-c2ccc(Cl)c(N)c2)c(C)n1. The van der Waals surface area contributed by atoms with Gasteiger partial charge in [0.2, 0.25) is 0 Å². The Morgan fingerprint density at radius 2 is 2.19 bits per heavy atom. The maximum absolute atomic E-state index is 5.89. The third kappa shape index (κ3) is 1.91. The molecule has 0 unspecified atom stereocenters. The number of rotatable bonds is 2. The highest BCUT2D eigenvalue weighted by Gasteiger charge is 2.07. The van der Waals surface area contributed by atoms with Gasteiger partial charge < -0.3 is 5.73 Å². The van der Waals surface area contributed by atoms with Gasteiger partial charge in [-0.05, 0) is 31.5 Å². The average molecular weight is 236 g/mol. The van der Waals surface area contributed by atoms with E-state index in [1.54, 1.807) is 0 Å². The highest BCUT2D eigenvalue weighted by Crippen LogP contribution is 2.28. The molecule has 0 bridgehead atoms. The van der Waals surface area contributed by atoms with Crippen molar-refractivity contribution in [2.24, 2.45) is 0 Å². The van der Waals surface area contributed by atoms with Crippen molar-refractivity contribution in [3.63, 3.8) is 0 Å². The fraction of sp³-hybridized carbons (Fsp3) is 0.250. The minimum absolute atomic E-state index is 0.587. The second-order valence-corrected chi connectivity index (χ2v) is 4.13. The second kappa shape index (κ2) is 4.18. The number of halogens is 1. The minimum Gasteiger partial charge on any atom is -0.398 e. The van der Waals surface area contributed by atoms with Gasteiger partial charge in [0.25, 0.3) is 0 Å². The van der Waals surface area contributed by atoms with Gasteiger partial charge in [0.05, 0.1) is 16.4 Å². The molecule has 0 saturated heterocycles. The third-order valence-corrected chi connectivity index (χ3v) is 2.92. The molecule has 0 fully saturated rings. The Labute approximate surface area is 99.8 Å². The number of nitrogens with two attached hydrogens (primary N) is 1. The molecule has 3 nitrogen and oxygen atoms in total. The molecule has 2 aromatic rings. The molecule has 1 heterocycles. The lowest BCUT2D eigenvalue weighted by molar-refractivity contribution is 0.653. The summed E-state index contributed by atoms with van der Waals surface area (Å²) in [4.78, 5) is 0. The third-order valence-electron chi connectivity index (χ3n) is 2.58. The topological polar surface area (TPSA) is 43.8 Å². The van der Waals surface area contributed by atoms with Crippen LogP contribution >= 0.6 is 11.6 Å². The summed E-state index contributed by atoms with van der Waals surface area (Å²) in [5.74, 6) is 0. The molecule has 0 radical (unpaired) electrons. The number of aromatic nitrogens is 2. The number of nitrogens with zero attached hydrogens (tertiary/aromatic N) is 2. The summed E-state index contributed by atoms with van der Waals surface area (Å²) in [6, 6.07) is 5.66. The number of hydrogen-bond acceptors (Lipinski definition) is 2. The molecule has 84 valence electrons. The van der Waals surface area contributed by atoms with Crippen LogP contribution in [0.25, 0.3) is 11.1 Å². The molecule has 0 saturated carbocycles. The van der Waals surface area contributed by atoms with Gasteiger partial charge in [-0.15, -0.1) is 0 Å². The Hall–Kier alpha value is -1.48. The van der Waals surface area contributed by atoms with Crippen LogP contribution in [0.2, 0.25) is 5.02 Å². The number of hydrogen-bond donors (Lipinski definition) is 1. The second-order valence-electron chi connectivity index (χ2n) is 3.72. The van der Waals surface area contributed by atoms with Crippen molar-refractivity contribution in [3.8, 4) is 11.1 Å². The summed E-state index contributed by atoms with van der Waals surface area (Å²) < 4.78 is 1.91. The zero-order valence-corrected chi connectivity index (χ0v) is 10.1. The van der Waals surface area contributed by atoms with Crippen molar-refractivity contribution in [2.75, 3.05) is 5.73 Å². The molecule has 2 N–H and O–H groups in total. The number of aryl methyl sites for hydroxylation is 2. The van der Waals surface area contributed by atoms with E-state index in [-0.39, 0.29) is 0 Å². The molecule has 0 spiro atoms. The predicted octanol–water partition coefficient (Wildman–Crippen LogP) is 3.11. The monoisotopic (exact) mass is 235 g/mol. The molecule has 0 amide bonds. The summed E-state index contributed by atoms with van der Waals surface area (Å²) in [6.07, 6.45) is 2.03. The van der Waals surface area contributed by atoms with Gasteiger partial charge in [-0.2, -0.15) is 5.10 Å². The van der Waals surface area contributed by atoms with E-state index in [4.69, 9.17) is 17.3 Å². The summed E-state index contributed by atoms with van der Waals surface area (Å²) in [5.41, 5.74) is 9.55. The largest absolute Gasteiger partial charge is 0.398 e. The van der Waals surface area contributed by atoms with Crippen LogP contribution in [0.5, 0.6) is 0 Å². The molecule has 16 heavy (non-hydrogen) atoms. The molecule has 1 aromatic heterocycles. The van der Waals surface area contributed by atoms with Crippen molar-refractivity contribution in [2.45, 2.75) is 20.4 Å². The van der Waals surface area contributed by atoms with Gasteiger partial charge in [0, 0.05) is 18.3 Å². The molecule has 4 heteroatoms. The zero-order valence-electron chi connectivity index (χ0n) is 9.37. The fourth-order valence-electron chi connectivity index (χ4n) is 1.67. The van der Waals surface area contributed by atoms with Gasteiger partial charge in [-0.3, -0.25) is 4.68 Å². The lowest BCUT2D eigenvalue weighted by Gasteiger charge is -2.02. The number of benzene rings is 1. The summed E-state index contributed by atoms with van der Waals surface area (Å²) in [7, 11) is 0. The summed E-state index contributed by atoms with van der Waals surface area (Å²) >= 11 is 5.89. The van der Waals surface area contributed by atoms with Gasteiger partial charge in [-0.25, -0.2) is 0 Å². The van der Waals surface area contributed by atoms with E-state index in [0.29, 0.717) is 10.7 Å². The van der Waals surface area contributed by atoms with E-state index in [1.807, 2.05) is 36.0 Å². The van der Waals surface area contributed by atoms with Crippen molar-refractivity contribution in [1.82, 2.24) is 9.78 Å². The Morgan fingerprint density at radius 3 is 2.75 bits per heavy atom. The van der Waals surface area contributed by atoms with E-state index in [1.165, 1.54) is 0 Å². The van der Waals surface area contributed by atoms with Gasteiger partial charge in [0.1, 0.15) is 0 Å². The van der Waals surface area contributed by atoms with Gasteiger partial charge in [0.15, 0.2) is 0 Å². The van der Waals surface area contributed by atoms with E-state index < -0.39 is 0 Å². The molecule has 0 aliphatic carbocycles. The van der Waals surface area contributed by atoms with E-state index in [9.17, 15) is 0 Å².